The lowest BCUT2D eigenvalue weighted by Gasteiger charge is -2.18. The lowest BCUT2D eigenvalue weighted by Crippen LogP contribution is -2.29. The third kappa shape index (κ3) is 4.59. The average Bonchev–Trinajstić information content (AvgIpc) is 3.23. The van der Waals surface area contributed by atoms with Crippen molar-refractivity contribution in [2.75, 3.05) is 5.32 Å². The maximum absolute atomic E-state index is 13.0. The second kappa shape index (κ2) is 8.64. The molecule has 0 radical (unpaired) electrons. The van der Waals surface area contributed by atoms with Crippen LogP contribution in [0.3, 0.4) is 0 Å². The van der Waals surface area contributed by atoms with Crippen molar-refractivity contribution in [3.05, 3.63) is 55.1 Å². The van der Waals surface area contributed by atoms with Gasteiger partial charge in [0.15, 0.2) is 0 Å². The van der Waals surface area contributed by atoms with Gasteiger partial charge >= 0.3 is 0 Å². The molecule has 156 valence electrons. The number of nitrogens with zero attached hydrogens (tertiary/aromatic N) is 4. The molecule has 0 saturated carbocycles. The number of aromatic nitrogens is 3. The fraction of sp³-hybridized carbons (Fsp3) is 0.300. The van der Waals surface area contributed by atoms with E-state index in [1.54, 1.807) is 45.0 Å². The Morgan fingerprint density at radius 2 is 2.07 bits per heavy atom. The van der Waals surface area contributed by atoms with Crippen LogP contribution in [-0.2, 0) is 13.1 Å². The Bertz CT molecular complexity index is 1200. The number of carbonyl (C=O) groups is 1. The minimum absolute atomic E-state index is 0.0724. The molecule has 3 heterocycles. The van der Waals surface area contributed by atoms with E-state index >= 15 is 0 Å². The Hall–Kier alpha value is -2.60. The third-order valence-electron chi connectivity index (χ3n) is 4.24. The maximum atomic E-state index is 13.0. The number of thiophene rings is 1. The van der Waals surface area contributed by atoms with Crippen molar-refractivity contribution in [1.29, 1.82) is 5.26 Å². The van der Waals surface area contributed by atoms with Gasteiger partial charge in [0.2, 0.25) is 0 Å². The van der Waals surface area contributed by atoms with Gasteiger partial charge in [0.25, 0.3) is 11.5 Å². The standard InChI is InChI=1S/C20H19Cl2N5O2S/c1-20(2,3)19(29)27-17(24-11-15-13(21)9-16(22)30-15)10-14(25-27)12-5-4-7-26(8-6-23)18(12)28/h4-5,7,9-10,24H,8,11H2,1-3H3. The highest BCUT2D eigenvalue weighted by Gasteiger charge is 2.27. The van der Waals surface area contributed by atoms with Gasteiger partial charge in [-0.25, -0.2) is 0 Å². The van der Waals surface area contributed by atoms with Gasteiger partial charge < -0.3 is 9.88 Å². The number of nitrogens with one attached hydrogen (secondary N) is 1. The summed E-state index contributed by atoms with van der Waals surface area (Å²) in [5, 5.41) is 17.0. The van der Waals surface area contributed by atoms with Crippen molar-refractivity contribution in [3.8, 4) is 17.3 Å². The predicted molar refractivity (Wildman–Crippen MR) is 119 cm³/mol. The fourth-order valence-electron chi connectivity index (χ4n) is 2.71. The summed E-state index contributed by atoms with van der Waals surface area (Å²) < 4.78 is 3.12. The van der Waals surface area contributed by atoms with E-state index in [0.29, 0.717) is 33.0 Å². The first-order chi connectivity index (χ1) is 14.1. The zero-order chi connectivity index (χ0) is 22.1. The highest BCUT2D eigenvalue weighted by molar-refractivity contribution is 7.16. The highest BCUT2D eigenvalue weighted by atomic mass is 35.5. The minimum Gasteiger partial charge on any atom is -0.365 e. The van der Waals surface area contributed by atoms with Crippen LogP contribution in [-0.4, -0.2) is 20.3 Å². The van der Waals surface area contributed by atoms with Crippen LogP contribution in [0.15, 0.2) is 35.3 Å². The number of anilines is 1. The Balaban J connectivity index is 2.04. The van der Waals surface area contributed by atoms with E-state index in [9.17, 15) is 9.59 Å². The molecule has 1 N–H and O–H groups in total. The van der Waals surface area contributed by atoms with Gasteiger partial charge in [-0.1, -0.05) is 44.0 Å². The first kappa shape index (κ1) is 22.1. The molecule has 7 nitrogen and oxygen atoms in total. The molecule has 0 aliphatic carbocycles. The zero-order valence-corrected chi connectivity index (χ0v) is 18.9. The van der Waals surface area contributed by atoms with Crippen molar-refractivity contribution in [3.63, 3.8) is 0 Å². The smallest absolute Gasteiger partial charge is 0.260 e. The van der Waals surface area contributed by atoms with Gasteiger partial charge in [-0.15, -0.1) is 11.3 Å². The van der Waals surface area contributed by atoms with Crippen molar-refractivity contribution in [2.24, 2.45) is 5.41 Å². The largest absolute Gasteiger partial charge is 0.365 e. The van der Waals surface area contributed by atoms with Crippen LogP contribution in [0.2, 0.25) is 9.36 Å². The summed E-state index contributed by atoms with van der Waals surface area (Å²) in [6, 6.07) is 8.54. The molecule has 0 aliphatic rings. The summed E-state index contributed by atoms with van der Waals surface area (Å²) in [7, 11) is 0. The van der Waals surface area contributed by atoms with Crippen LogP contribution in [0.1, 0.15) is 30.4 Å². The molecule has 3 aromatic rings. The maximum Gasteiger partial charge on any atom is 0.260 e. The van der Waals surface area contributed by atoms with Gasteiger partial charge in [0, 0.05) is 22.6 Å². The van der Waals surface area contributed by atoms with Crippen molar-refractivity contribution in [2.45, 2.75) is 33.9 Å². The third-order valence-corrected chi connectivity index (χ3v) is 5.95. The minimum atomic E-state index is -0.693. The highest BCUT2D eigenvalue weighted by Crippen LogP contribution is 2.32. The Morgan fingerprint density at radius 1 is 1.33 bits per heavy atom. The molecule has 30 heavy (non-hydrogen) atoms. The number of hydrogen-bond acceptors (Lipinski definition) is 6. The Morgan fingerprint density at radius 3 is 2.67 bits per heavy atom. The van der Waals surface area contributed by atoms with Gasteiger partial charge in [0.1, 0.15) is 18.1 Å². The molecular formula is C20H19Cl2N5O2S. The van der Waals surface area contributed by atoms with Crippen LogP contribution < -0.4 is 10.9 Å². The summed E-state index contributed by atoms with van der Waals surface area (Å²) in [6.45, 7) is 5.64. The van der Waals surface area contributed by atoms with Gasteiger partial charge in [-0.2, -0.15) is 15.0 Å². The molecule has 0 bridgehead atoms. The lowest BCUT2D eigenvalue weighted by molar-refractivity contribution is 0.0752. The number of halogens is 2. The van der Waals surface area contributed by atoms with Crippen LogP contribution >= 0.6 is 34.5 Å². The predicted octanol–water partition coefficient (Wildman–Crippen LogP) is 4.90. The summed E-state index contributed by atoms with van der Waals surface area (Å²) in [6.07, 6.45) is 1.54. The molecule has 0 aliphatic heterocycles. The van der Waals surface area contributed by atoms with E-state index in [1.165, 1.54) is 26.8 Å². The average molecular weight is 464 g/mol. The SMILES string of the molecule is CC(C)(C)C(=O)n1nc(-c2cccn(CC#N)c2=O)cc1NCc1sc(Cl)cc1Cl. The van der Waals surface area contributed by atoms with Crippen LogP contribution in [0.25, 0.3) is 11.3 Å². The molecule has 0 atom stereocenters. The molecule has 0 amide bonds. The van der Waals surface area contributed by atoms with Crippen molar-refractivity contribution < 1.29 is 4.79 Å². The quantitative estimate of drug-likeness (QED) is 0.580. The first-order valence-electron chi connectivity index (χ1n) is 9.01. The molecule has 3 rings (SSSR count). The summed E-state index contributed by atoms with van der Waals surface area (Å²) in [5.74, 6) is 0.195. The Kier molecular flexibility index (Phi) is 6.36. The van der Waals surface area contributed by atoms with E-state index in [1.807, 2.05) is 6.07 Å². The van der Waals surface area contributed by atoms with Crippen LogP contribution in [0.5, 0.6) is 0 Å². The van der Waals surface area contributed by atoms with Gasteiger partial charge in [0.05, 0.1) is 27.5 Å². The van der Waals surface area contributed by atoms with Crippen molar-refractivity contribution in [1.82, 2.24) is 14.3 Å². The van der Waals surface area contributed by atoms with E-state index in [4.69, 9.17) is 28.5 Å². The zero-order valence-electron chi connectivity index (χ0n) is 16.6. The van der Waals surface area contributed by atoms with Crippen LogP contribution in [0, 0.1) is 16.7 Å². The topological polar surface area (TPSA) is 92.7 Å². The van der Waals surface area contributed by atoms with E-state index in [-0.39, 0.29) is 18.0 Å². The number of pyridine rings is 1. The molecule has 3 aromatic heterocycles. The lowest BCUT2D eigenvalue weighted by atomic mass is 9.96. The summed E-state index contributed by atoms with van der Waals surface area (Å²) >= 11 is 13.5. The van der Waals surface area contributed by atoms with Gasteiger partial charge in [-0.3, -0.25) is 9.59 Å². The van der Waals surface area contributed by atoms with E-state index in [2.05, 4.69) is 10.4 Å². The van der Waals surface area contributed by atoms with Crippen LogP contribution in [0.4, 0.5) is 5.82 Å². The van der Waals surface area contributed by atoms with Gasteiger partial charge in [-0.05, 0) is 18.2 Å². The fourth-order valence-corrected chi connectivity index (χ4v) is 4.22. The molecule has 10 heteroatoms. The molecule has 0 saturated heterocycles. The molecule has 0 unspecified atom stereocenters. The summed E-state index contributed by atoms with van der Waals surface area (Å²) in [4.78, 5) is 26.5. The first-order valence-corrected chi connectivity index (χ1v) is 10.6. The second-order valence-electron chi connectivity index (χ2n) is 7.57. The van der Waals surface area contributed by atoms with E-state index in [0.717, 1.165) is 4.88 Å². The molecular weight excluding hydrogens is 445 g/mol. The molecule has 0 aromatic carbocycles. The van der Waals surface area contributed by atoms with Crippen molar-refractivity contribution >= 4 is 46.3 Å². The Labute approximate surface area is 187 Å². The number of nitriles is 1. The number of hydrogen-bond donors (Lipinski definition) is 1. The monoisotopic (exact) mass is 463 g/mol. The number of carbonyl (C=O) groups excluding carboxylic acids is 1. The second-order valence-corrected chi connectivity index (χ2v) is 9.75. The summed E-state index contributed by atoms with van der Waals surface area (Å²) in [5.41, 5.74) is -0.413. The van der Waals surface area contributed by atoms with E-state index < -0.39 is 5.41 Å². The molecule has 0 spiro atoms. The number of rotatable bonds is 5. The normalized spacial score (nSPS) is 11.3. The molecule has 0 fully saturated rings.